The Morgan fingerprint density at radius 2 is 2.05 bits per heavy atom. The monoisotopic (exact) mass is 283 g/mol. The van der Waals surface area contributed by atoms with Crippen LogP contribution in [0.2, 0.25) is 5.02 Å². The zero-order valence-electron chi connectivity index (χ0n) is 11.3. The molecular weight excluding hydrogens is 262 g/mol. The maximum atomic E-state index is 10.1. The molecule has 1 aliphatic carbocycles. The summed E-state index contributed by atoms with van der Waals surface area (Å²) in [4.78, 5) is 0. The van der Waals surface area contributed by atoms with Gasteiger partial charge in [0.1, 0.15) is 11.9 Å². The molecule has 1 fully saturated rings. The molecule has 0 aliphatic heterocycles. The van der Waals surface area contributed by atoms with E-state index in [0.717, 1.165) is 37.7 Å². The van der Waals surface area contributed by atoms with Gasteiger partial charge in [0.15, 0.2) is 0 Å². The molecule has 1 aromatic carbocycles. The molecule has 3 nitrogen and oxygen atoms in total. The van der Waals surface area contributed by atoms with Gasteiger partial charge in [0.05, 0.1) is 11.1 Å². The fourth-order valence-corrected chi connectivity index (χ4v) is 2.68. The number of rotatable bonds is 3. The smallest absolute Gasteiger partial charge is 0.138 e. The van der Waals surface area contributed by atoms with Gasteiger partial charge in [0, 0.05) is 6.04 Å². The molecule has 4 heteroatoms. The van der Waals surface area contributed by atoms with Crippen molar-refractivity contribution in [2.45, 2.75) is 57.3 Å². The number of hydrogen-bond donors (Lipinski definition) is 2. The van der Waals surface area contributed by atoms with E-state index in [1.807, 2.05) is 25.1 Å². The molecule has 2 unspecified atom stereocenters. The molecule has 3 atom stereocenters. The van der Waals surface area contributed by atoms with Crippen LogP contribution < -0.4 is 10.5 Å². The third kappa shape index (κ3) is 3.85. The third-order valence-electron chi connectivity index (χ3n) is 3.68. The Bertz CT molecular complexity index is 423. The van der Waals surface area contributed by atoms with E-state index in [-0.39, 0.29) is 12.1 Å². The van der Waals surface area contributed by atoms with Gasteiger partial charge in [-0.3, -0.25) is 0 Å². The van der Waals surface area contributed by atoms with Crippen LogP contribution >= 0.6 is 11.6 Å². The molecule has 0 heterocycles. The van der Waals surface area contributed by atoms with Gasteiger partial charge in [-0.2, -0.15) is 0 Å². The van der Waals surface area contributed by atoms with E-state index in [4.69, 9.17) is 22.1 Å². The lowest BCUT2D eigenvalue weighted by Crippen LogP contribution is -2.30. The fraction of sp³-hybridized carbons (Fsp3) is 0.600. The Morgan fingerprint density at radius 1 is 1.32 bits per heavy atom. The van der Waals surface area contributed by atoms with Crippen LogP contribution in [0.4, 0.5) is 0 Å². The van der Waals surface area contributed by atoms with Crippen molar-refractivity contribution in [3.8, 4) is 5.75 Å². The Labute approximate surface area is 119 Å². The quantitative estimate of drug-likeness (QED) is 0.836. The summed E-state index contributed by atoms with van der Waals surface area (Å²) in [6.07, 6.45) is 4.46. The third-order valence-corrected chi connectivity index (χ3v) is 3.97. The second-order valence-corrected chi connectivity index (χ2v) is 5.75. The number of aliphatic hydroxyl groups is 1. The summed E-state index contributed by atoms with van der Waals surface area (Å²) >= 11 is 6.22. The maximum Gasteiger partial charge on any atom is 0.138 e. The Hall–Kier alpha value is -0.770. The predicted octanol–water partition coefficient (Wildman–Crippen LogP) is 3.43. The average molecular weight is 284 g/mol. The van der Waals surface area contributed by atoms with Gasteiger partial charge in [-0.05, 0) is 43.9 Å². The van der Waals surface area contributed by atoms with Gasteiger partial charge in [0.2, 0.25) is 0 Å². The van der Waals surface area contributed by atoms with Crippen molar-refractivity contribution in [1.82, 2.24) is 0 Å². The largest absolute Gasteiger partial charge is 0.486 e. The summed E-state index contributed by atoms with van der Waals surface area (Å²) in [5, 5.41) is 10.6. The lowest BCUT2D eigenvalue weighted by Gasteiger charge is -2.23. The highest BCUT2D eigenvalue weighted by Gasteiger charge is 2.24. The molecule has 1 saturated carbocycles. The Balaban J connectivity index is 2.09. The van der Waals surface area contributed by atoms with E-state index in [2.05, 4.69) is 0 Å². The van der Waals surface area contributed by atoms with Crippen LogP contribution in [-0.4, -0.2) is 17.3 Å². The summed E-state index contributed by atoms with van der Waals surface area (Å²) in [5.74, 6) is 0.636. The minimum atomic E-state index is -0.397. The molecule has 1 aromatic rings. The van der Waals surface area contributed by atoms with Crippen LogP contribution in [0, 0.1) is 0 Å². The second-order valence-electron chi connectivity index (χ2n) is 5.34. The zero-order valence-corrected chi connectivity index (χ0v) is 12.1. The SMILES string of the molecule is C[C@H](N)c1ccc(OC2CCCCCC2O)c(Cl)c1. The highest BCUT2D eigenvalue weighted by Crippen LogP contribution is 2.30. The van der Waals surface area contributed by atoms with Gasteiger partial charge in [-0.25, -0.2) is 0 Å². The Morgan fingerprint density at radius 3 is 2.74 bits per heavy atom. The molecular formula is C15H22ClNO2. The topological polar surface area (TPSA) is 55.5 Å². The summed E-state index contributed by atoms with van der Waals surface area (Å²) in [5.41, 5.74) is 6.81. The number of halogens is 1. The first-order valence-electron chi connectivity index (χ1n) is 6.97. The number of nitrogens with two attached hydrogens (primary N) is 1. The van der Waals surface area contributed by atoms with Crippen molar-refractivity contribution in [1.29, 1.82) is 0 Å². The lowest BCUT2D eigenvalue weighted by molar-refractivity contribution is 0.0320. The van der Waals surface area contributed by atoms with Gasteiger partial charge in [-0.1, -0.05) is 30.5 Å². The number of ether oxygens (including phenoxy) is 1. The van der Waals surface area contributed by atoms with Crippen molar-refractivity contribution in [3.05, 3.63) is 28.8 Å². The summed E-state index contributed by atoms with van der Waals surface area (Å²) in [6.45, 7) is 1.92. The van der Waals surface area contributed by atoms with Crippen LogP contribution in [0.5, 0.6) is 5.75 Å². The summed E-state index contributed by atoms with van der Waals surface area (Å²) < 4.78 is 5.89. The van der Waals surface area contributed by atoms with Gasteiger partial charge < -0.3 is 15.6 Å². The first-order chi connectivity index (χ1) is 9.08. The molecule has 3 N–H and O–H groups in total. The standard InChI is InChI=1S/C15H22ClNO2/c1-10(17)11-7-8-14(12(16)9-11)19-15-6-4-2-3-5-13(15)18/h7-10,13,15,18H,2-6,17H2,1H3/t10-,13?,15?/m0/s1. The Kier molecular flexibility index (Phi) is 5.08. The number of aliphatic hydroxyl groups excluding tert-OH is 1. The minimum Gasteiger partial charge on any atom is -0.486 e. The fourth-order valence-electron chi connectivity index (χ4n) is 2.45. The minimum absolute atomic E-state index is 0.0463. The molecule has 0 radical (unpaired) electrons. The number of benzene rings is 1. The van der Waals surface area contributed by atoms with E-state index in [0.29, 0.717) is 10.8 Å². The van der Waals surface area contributed by atoms with Gasteiger partial charge in [-0.15, -0.1) is 0 Å². The number of hydrogen-bond acceptors (Lipinski definition) is 3. The molecule has 106 valence electrons. The van der Waals surface area contributed by atoms with Crippen LogP contribution in [-0.2, 0) is 0 Å². The van der Waals surface area contributed by atoms with Crippen LogP contribution in [0.15, 0.2) is 18.2 Å². The van der Waals surface area contributed by atoms with Crippen LogP contribution in [0.25, 0.3) is 0 Å². The molecule has 0 saturated heterocycles. The van der Waals surface area contributed by atoms with E-state index in [1.165, 1.54) is 0 Å². The van der Waals surface area contributed by atoms with Gasteiger partial charge >= 0.3 is 0 Å². The molecule has 0 aromatic heterocycles. The maximum absolute atomic E-state index is 10.1. The molecule has 0 amide bonds. The van der Waals surface area contributed by atoms with Gasteiger partial charge in [0.25, 0.3) is 0 Å². The van der Waals surface area contributed by atoms with Crippen molar-refractivity contribution in [2.75, 3.05) is 0 Å². The average Bonchev–Trinajstić information content (AvgIpc) is 2.57. The van der Waals surface area contributed by atoms with E-state index >= 15 is 0 Å². The lowest BCUT2D eigenvalue weighted by atomic mass is 10.1. The van der Waals surface area contributed by atoms with Crippen molar-refractivity contribution < 1.29 is 9.84 Å². The van der Waals surface area contributed by atoms with E-state index in [1.54, 1.807) is 0 Å². The predicted molar refractivity (Wildman–Crippen MR) is 77.6 cm³/mol. The highest BCUT2D eigenvalue weighted by atomic mass is 35.5. The van der Waals surface area contributed by atoms with Crippen molar-refractivity contribution in [3.63, 3.8) is 0 Å². The molecule has 0 bridgehead atoms. The molecule has 1 aliphatic rings. The molecule has 0 spiro atoms. The first-order valence-corrected chi connectivity index (χ1v) is 7.35. The van der Waals surface area contributed by atoms with E-state index < -0.39 is 6.10 Å². The van der Waals surface area contributed by atoms with Crippen molar-refractivity contribution in [2.24, 2.45) is 5.73 Å². The molecule has 19 heavy (non-hydrogen) atoms. The second kappa shape index (κ2) is 6.60. The van der Waals surface area contributed by atoms with Crippen molar-refractivity contribution >= 4 is 11.6 Å². The first kappa shape index (κ1) is 14.6. The summed E-state index contributed by atoms with van der Waals surface area (Å²) in [7, 11) is 0. The van der Waals surface area contributed by atoms with E-state index in [9.17, 15) is 5.11 Å². The summed E-state index contributed by atoms with van der Waals surface area (Å²) in [6, 6.07) is 5.56. The van der Waals surface area contributed by atoms with Crippen LogP contribution in [0.3, 0.4) is 0 Å². The molecule has 2 rings (SSSR count). The van der Waals surface area contributed by atoms with Crippen LogP contribution in [0.1, 0.15) is 50.6 Å². The zero-order chi connectivity index (χ0) is 13.8. The highest BCUT2D eigenvalue weighted by molar-refractivity contribution is 6.32. The normalized spacial score (nSPS) is 25.7.